The van der Waals surface area contributed by atoms with Crippen molar-refractivity contribution in [3.63, 3.8) is 0 Å². The van der Waals surface area contributed by atoms with Gasteiger partial charge in [0.1, 0.15) is 17.7 Å². The van der Waals surface area contributed by atoms with E-state index >= 15 is 0 Å². The molecule has 0 radical (unpaired) electrons. The summed E-state index contributed by atoms with van der Waals surface area (Å²) in [5, 5.41) is 12.8. The molecule has 3 amide bonds. The van der Waals surface area contributed by atoms with Crippen LogP contribution in [-0.4, -0.2) is 76.1 Å². The van der Waals surface area contributed by atoms with Gasteiger partial charge in [0.05, 0.1) is 6.54 Å². The van der Waals surface area contributed by atoms with Crippen molar-refractivity contribution in [2.24, 2.45) is 5.92 Å². The molecule has 1 heterocycles. The van der Waals surface area contributed by atoms with Crippen molar-refractivity contribution in [2.45, 2.75) is 52.3 Å². The number of carbonyl (C=O) groups is 4. The highest BCUT2D eigenvalue weighted by atomic mass is 35.5. The van der Waals surface area contributed by atoms with Gasteiger partial charge in [0.25, 0.3) is 5.91 Å². The third-order valence-electron chi connectivity index (χ3n) is 4.93. The molecule has 0 bridgehead atoms. The average molecular weight is 468 g/mol. The van der Waals surface area contributed by atoms with Gasteiger partial charge < -0.3 is 25.0 Å². The predicted octanol–water partition coefficient (Wildman–Crippen LogP) is 2.63. The van der Waals surface area contributed by atoms with Gasteiger partial charge >= 0.3 is 12.1 Å². The minimum Gasteiger partial charge on any atom is -0.480 e. The number of rotatable bonds is 5. The molecule has 0 unspecified atom stereocenters. The van der Waals surface area contributed by atoms with Crippen LogP contribution in [0.15, 0.2) is 24.3 Å². The normalized spacial score (nSPS) is 17.7. The minimum absolute atomic E-state index is 0.0431. The monoisotopic (exact) mass is 467 g/mol. The smallest absolute Gasteiger partial charge is 0.408 e. The minimum atomic E-state index is -1.22. The molecule has 1 aliphatic heterocycles. The molecule has 2 N–H and O–H groups in total. The van der Waals surface area contributed by atoms with Crippen molar-refractivity contribution in [3.05, 3.63) is 34.9 Å². The number of alkyl carbamates (subject to hydrolysis) is 1. The van der Waals surface area contributed by atoms with Gasteiger partial charge in [-0.2, -0.15) is 0 Å². The summed E-state index contributed by atoms with van der Waals surface area (Å²) in [6, 6.07) is 4.06. The van der Waals surface area contributed by atoms with Crippen LogP contribution in [0.5, 0.6) is 0 Å². The zero-order valence-electron chi connectivity index (χ0n) is 18.9. The Labute approximate surface area is 192 Å². The molecule has 10 heteroatoms. The highest BCUT2D eigenvalue weighted by molar-refractivity contribution is 6.30. The molecule has 9 nitrogen and oxygen atoms in total. The third kappa shape index (κ3) is 6.59. The molecule has 1 aromatic rings. The molecule has 1 aromatic carbocycles. The number of hydrogen-bond donors (Lipinski definition) is 2. The number of nitrogens with zero attached hydrogens (tertiary/aromatic N) is 2. The quantitative estimate of drug-likeness (QED) is 0.687. The Hall–Kier alpha value is -2.81. The number of amides is 3. The Morgan fingerprint density at radius 1 is 1.12 bits per heavy atom. The number of carboxylic acid groups (broad SMARTS) is 1. The second-order valence-corrected chi connectivity index (χ2v) is 9.45. The zero-order chi connectivity index (χ0) is 24.2. The summed E-state index contributed by atoms with van der Waals surface area (Å²) in [6.45, 7) is 8.69. The SMILES string of the molecule is CC(C)[C@H](NC(=O)OC(C)(C)C)C(=O)N1CCN(C(=O)c2ccc(Cl)cc2)[C@H](C(=O)O)C1. The Bertz CT molecular complexity index is 865. The maximum absolute atomic E-state index is 13.1. The molecule has 32 heavy (non-hydrogen) atoms. The van der Waals surface area contributed by atoms with E-state index in [-0.39, 0.29) is 25.6 Å². The molecule has 0 saturated carbocycles. The Balaban J connectivity index is 2.15. The van der Waals surface area contributed by atoms with E-state index in [1.54, 1.807) is 46.8 Å². The Kier molecular flexibility index (Phi) is 8.12. The van der Waals surface area contributed by atoms with Gasteiger partial charge in [0.15, 0.2) is 0 Å². The van der Waals surface area contributed by atoms with Crippen LogP contribution in [0.2, 0.25) is 5.02 Å². The number of carboxylic acids is 1. The maximum atomic E-state index is 13.1. The van der Waals surface area contributed by atoms with E-state index in [1.165, 1.54) is 21.9 Å². The van der Waals surface area contributed by atoms with Crippen LogP contribution in [0.3, 0.4) is 0 Å². The lowest BCUT2D eigenvalue weighted by Crippen LogP contribution is -2.62. The second-order valence-electron chi connectivity index (χ2n) is 9.01. The van der Waals surface area contributed by atoms with Crippen molar-refractivity contribution in [3.8, 4) is 0 Å². The predicted molar refractivity (Wildman–Crippen MR) is 118 cm³/mol. The fourth-order valence-electron chi connectivity index (χ4n) is 3.34. The number of benzene rings is 1. The van der Waals surface area contributed by atoms with Crippen molar-refractivity contribution in [1.29, 1.82) is 0 Å². The number of halogens is 1. The highest BCUT2D eigenvalue weighted by Gasteiger charge is 2.40. The molecule has 0 spiro atoms. The number of piperazine rings is 1. The lowest BCUT2D eigenvalue weighted by Gasteiger charge is -2.41. The summed E-state index contributed by atoms with van der Waals surface area (Å²) in [7, 11) is 0. The van der Waals surface area contributed by atoms with Crippen LogP contribution < -0.4 is 5.32 Å². The summed E-state index contributed by atoms with van der Waals surface area (Å²) in [4.78, 5) is 52.7. The maximum Gasteiger partial charge on any atom is 0.408 e. The van der Waals surface area contributed by atoms with Crippen LogP contribution >= 0.6 is 11.6 Å². The molecule has 1 aliphatic rings. The van der Waals surface area contributed by atoms with Crippen LogP contribution in [0.4, 0.5) is 4.79 Å². The summed E-state index contributed by atoms with van der Waals surface area (Å²) in [5.41, 5.74) is -0.413. The first-order valence-corrected chi connectivity index (χ1v) is 10.8. The highest BCUT2D eigenvalue weighted by Crippen LogP contribution is 2.19. The molecule has 1 saturated heterocycles. The molecular weight excluding hydrogens is 438 g/mol. The van der Waals surface area contributed by atoms with Crippen LogP contribution in [-0.2, 0) is 14.3 Å². The first-order valence-electron chi connectivity index (χ1n) is 10.4. The molecule has 0 aliphatic carbocycles. The van der Waals surface area contributed by atoms with Gasteiger partial charge in [-0.3, -0.25) is 9.59 Å². The largest absolute Gasteiger partial charge is 0.480 e. The standard InChI is InChI=1S/C22H30ClN3O6/c1-13(2)17(24-21(31)32-22(3,4)5)19(28)25-10-11-26(16(12-25)20(29)30)18(27)14-6-8-15(23)9-7-14/h6-9,13,16-17H,10-12H2,1-5H3,(H,24,31)(H,29,30)/t16-,17-/m0/s1. The average Bonchev–Trinajstić information content (AvgIpc) is 2.69. The van der Waals surface area contributed by atoms with E-state index in [0.29, 0.717) is 10.6 Å². The van der Waals surface area contributed by atoms with Gasteiger partial charge in [-0.1, -0.05) is 25.4 Å². The second kappa shape index (κ2) is 10.2. The number of aliphatic carboxylic acids is 1. The van der Waals surface area contributed by atoms with Crippen molar-refractivity contribution >= 4 is 35.5 Å². The summed E-state index contributed by atoms with van der Waals surface area (Å²) < 4.78 is 5.24. The first-order chi connectivity index (χ1) is 14.8. The van der Waals surface area contributed by atoms with Crippen molar-refractivity contribution in [2.75, 3.05) is 19.6 Å². The van der Waals surface area contributed by atoms with Gasteiger partial charge in [-0.15, -0.1) is 0 Å². The molecule has 1 fully saturated rings. The Morgan fingerprint density at radius 2 is 1.72 bits per heavy atom. The fraction of sp³-hybridized carbons (Fsp3) is 0.545. The van der Waals surface area contributed by atoms with Gasteiger partial charge in [0, 0.05) is 23.7 Å². The van der Waals surface area contributed by atoms with E-state index in [9.17, 15) is 24.3 Å². The zero-order valence-corrected chi connectivity index (χ0v) is 19.7. The topological polar surface area (TPSA) is 116 Å². The lowest BCUT2D eigenvalue weighted by atomic mass is 10.0. The van der Waals surface area contributed by atoms with E-state index in [4.69, 9.17) is 16.3 Å². The number of ether oxygens (including phenoxy) is 1. The van der Waals surface area contributed by atoms with E-state index < -0.39 is 41.6 Å². The summed E-state index contributed by atoms with van der Waals surface area (Å²) >= 11 is 5.86. The summed E-state index contributed by atoms with van der Waals surface area (Å²) in [6.07, 6.45) is -0.726. The molecule has 2 rings (SSSR count). The van der Waals surface area contributed by atoms with E-state index in [1.807, 2.05) is 0 Å². The molecule has 0 aromatic heterocycles. The third-order valence-corrected chi connectivity index (χ3v) is 5.19. The molecule has 176 valence electrons. The fourth-order valence-corrected chi connectivity index (χ4v) is 3.47. The van der Waals surface area contributed by atoms with Crippen molar-refractivity contribution < 1.29 is 29.0 Å². The lowest BCUT2D eigenvalue weighted by molar-refractivity contribution is -0.148. The van der Waals surface area contributed by atoms with E-state index in [2.05, 4.69) is 5.32 Å². The Morgan fingerprint density at radius 3 is 2.22 bits per heavy atom. The van der Waals surface area contributed by atoms with E-state index in [0.717, 1.165) is 0 Å². The number of hydrogen-bond acceptors (Lipinski definition) is 5. The van der Waals surface area contributed by atoms with Crippen LogP contribution in [0, 0.1) is 5.92 Å². The first kappa shape index (κ1) is 25.5. The summed E-state index contributed by atoms with van der Waals surface area (Å²) in [5.74, 6) is -2.35. The number of carbonyl (C=O) groups excluding carboxylic acids is 3. The van der Waals surface area contributed by atoms with Crippen LogP contribution in [0.1, 0.15) is 45.0 Å². The number of nitrogens with one attached hydrogen (secondary N) is 1. The molecule has 2 atom stereocenters. The van der Waals surface area contributed by atoms with Gasteiger partial charge in [-0.25, -0.2) is 9.59 Å². The van der Waals surface area contributed by atoms with Crippen LogP contribution in [0.25, 0.3) is 0 Å². The van der Waals surface area contributed by atoms with Crippen molar-refractivity contribution in [1.82, 2.24) is 15.1 Å². The molecular formula is C22H30ClN3O6. The van der Waals surface area contributed by atoms with Gasteiger partial charge in [0.2, 0.25) is 5.91 Å². The van der Waals surface area contributed by atoms with Gasteiger partial charge in [-0.05, 0) is 51.0 Å².